The van der Waals surface area contributed by atoms with E-state index in [4.69, 9.17) is 9.84 Å². The van der Waals surface area contributed by atoms with Crippen LogP contribution in [0.15, 0.2) is 48.5 Å². The van der Waals surface area contributed by atoms with Crippen molar-refractivity contribution in [3.8, 4) is 0 Å². The molecule has 0 saturated heterocycles. The van der Waals surface area contributed by atoms with E-state index >= 15 is 0 Å². The van der Waals surface area contributed by atoms with Gasteiger partial charge in [-0.05, 0) is 51.7 Å². The van der Waals surface area contributed by atoms with Crippen molar-refractivity contribution in [3.63, 3.8) is 0 Å². The van der Waals surface area contributed by atoms with Crippen molar-refractivity contribution in [2.45, 2.75) is 77.1 Å². The van der Waals surface area contributed by atoms with Gasteiger partial charge in [0.1, 0.15) is 17.3 Å². The lowest BCUT2D eigenvalue weighted by Crippen LogP contribution is -2.31. The molecule has 0 radical (unpaired) electrons. The van der Waals surface area contributed by atoms with Crippen LogP contribution in [0.5, 0.6) is 0 Å². The highest BCUT2D eigenvalue weighted by atomic mass is 16.5. The Morgan fingerprint density at radius 3 is 1.64 bits per heavy atom. The van der Waals surface area contributed by atoms with Crippen LogP contribution < -0.4 is 0 Å². The minimum absolute atomic E-state index is 0.0247. The van der Waals surface area contributed by atoms with Gasteiger partial charge in [-0.2, -0.15) is 0 Å². The van der Waals surface area contributed by atoms with E-state index in [2.05, 4.69) is 0 Å². The number of carboxylic acid groups (broad SMARTS) is 1. The molecule has 1 unspecified atom stereocenters. The minimum Gasteiger partial charge on any atom is -0.481 e. The lowest BCUT2D eigenvalue weighted by molar-refractivity contribution is -0.150. The SMILES string of the molecule is CC(C)(O)C(=O)c1ccc(CC(OC(=O)CCCCC(=O)O)c2ccc(C(=O)C(C)(C)O)cc2)cc1. The molecule has 36 heavy (non-hydrogen) atoms. The van der Waals surface area contributed by atoms with Gasteiger partial charge in [-0.1, -0.05) is 48.5 Å². The van der Waals surface area contributed by atoms with Gasteiger partial charge in [0.2, 0.25) is 0 Å². The van der Waals surface area contributed by atoms with Crippen molar-refractivity contribution >= 4 is 23.5 Å². The van der Waals surface area contributed by atoms with Crippen LogP contribution in [0.2, 0.25) is 0 Å². The Balaban J connectivity index is 2.22. The fraction of sp³-hybridized carbons (Fsp3) is 0.429. The molecule has 0 heterocycles. The summed E-state index contributed by atoms with van der Waals surface area (Å²) in [4.78, 5) is 47.8. The van der Waals surface area contributed by atoms with Crippen molar-refractivity contribution in [1.29, 1.82) is 0 Å². The first kappa shape index (κ1) is 28.9. The quantitative estimate of drug-likeness (QED) is 0.213. The number of carbonyl (C=O) groups excluding carboxylic acids is 3. The molecular formula is C28H34O8. The van der Waals surface area contributed by atoms with E-state index < -0.39 is 40.8 Å². The third-order valence-corrected chi connectivity index (χ3v) is 5.59. The highest BCUT2D eigenvalue weighted by Gasteiger charge is 2.27. The van der Waals surface area contributed by atoms with Gasteiger partial charge in [-0.15, -0.1) is 0 Å². The summed E-state index contributed by atoms with van der Waals surface area (Å²) < 4.78 is 5.72. The Bertz CT molecular complexity index is 1070. The zero-order valence-electron chi connectivity index (χ0n) is 21.1. The molecule has 0 aliphatic rings. The number of Topliss-reactive ketones (excluding diaryl/α,β-unsaturated/α-hetero) is 2. The van der Waals surface area contributed by atoms with Gasteiger partial charge in [0.25, 0.3) is 0 Å². The number of aliphatic carboxylic acids is 1. The van der Waals surface area contributed by atoms with E-state index in [-0.39, 0.29) is 19.3 Å². The number of hydrogen-bond donors (Lipinski definition) is 3. The fourth-order valence-electron chi connectivity index (χ4n) is 3.55. The summed E-state index contributed by atoms with van der Waals surface area (Å²) in [5.41, 5.74) is -0.929. The van der Waals surface area contributed by atoms with Crippen LogP contribution in [0.25, 0.3) is 0 Å². The van der Waals surface area contributed by atoms with E-state index in [0.717, 1.165) is 5.56 Å². The van der Waals surface area contributed by atoms with Crippen LogP contribution in [0.1, 0.15) is 91.3 Å². The largest absolute Gasteiger partial charge is 0.481 e. The molecule has 0 fully saturated rings. The monoisotopic (exact) mass is 498 g/mol. The van der Waals surface area contributed by atoms with Gasteiger partial charge in [0, 0.05) is 30.4 Å². The van der Waals surface area contributed by atoms with E-state index in [9.17, 15) is 29.4 Å². The molecule has 3 N–H and O–H groups in total. The molecule has 0 aliphatic heterocycles. The predicted octanol–water partition coefficient (Wildman–Crippen LogP) is 4.07. The van der Waals surface area contributed by atoms with Crippen LogP contribution in [-0.2, 0) is 20.7 Å². The summed E-state index contributed by atoms with van der Waals surface area (Å²) in [6, 6.07) is 13.1. The zero-order chi connectivity index (χ0) is 27.1. The first-order chi connectivity index (χ1) is 16.7. The van der Waals surface area contributed by atoms with Crippen molar-refractivity contribution in [2.75, 3.05) is 0 Å². The molecule has 0 spiro atoms. The Labute approximate surface area is 210 Å². The first-order valence-electron chi connectivity index (χ1n) is 11.8. The maximum Gasteiger partial charge on any atom is 0.306 e. The number of benzene rings is 2. The molecule has 2 aromatic rings. The first-order valence-corrected chi connectivity index (χ1v) is 11.8. The van der Waals surface area contributed by atoms with Crippen LogP contribution >= 0.6 is 0 Å². The number of rotatable bonds is 13. The maximum absolute atomic E-state index is 12.5. The summed E-state index contributed by atoms with van der Waals surface area (Å²) in [5, 5.41) is 28.7. The van der Waals surface area contributed by atoms with Crippen molar-refractivity contribution in [1.82, 2.24) is 0 Å². The molecule has 8 heteroatoms. The van der Waals surface area contributed by atoms with Crippen molar-refractivity contribution < 1.29 is 39.2 Å². The summed E-state index contributed by atoms with van der Waals surface area (Å²) in [7, 11) is 0. The van der Waals surface area contributed by atoms with Gasteiger partial charge in [-0.25, -0.2) is 0 Å². The van der Waals surface area contributed by atoms with E-state index in [0.29, 0.717) is 29.5 Å². The highest BCUT2D eigenvalue weighted by Crippen LogP contribution is 2.26. The van der Waals surface area contributed by atoms with Crippen molar-refractivity contribution in [2.24, 2.45) is 0 Å². The topological polar surface area (TPSA) is 138 Å². The second-order valence-corrected chi connectivity index (χ2v) is 9.88. The average molecular weight is 499 g/mol. The lowest BCUT2D eigenvalue weighted by Gasteiger charge is -2.20. The van der Waals surface area contributed by atoms with Gasteiger partial charge < -0.3 is 20.1 Å². The van der Waals surface area contributed by atoms with E-state index in [1.165, 1.54) is 27.7 Å². The highest BCUT2D eigenvalue weighted by molar-refractivity contribution is 6.02. The Morgan fingerprint density at radius 2 is 1.19 bits per heavy atom. The lowest BCUT2D eigenvalue weighted by atomic mass is 9.93. The standard InChI is InChI=1S/C28H34O8/c1-27(2,34)25(32)20-11-9-18(10-12-20)17-22(36-24(31)8-6-5-7-23(29)30)19-13-15-21(16-14-19)26(33)28(3,4)35/h9-16,22,34-35H,5-8,17H2,1-4H3,(H,29,30). The molecule has 0 aliphatic carbocycles. The second kappa shape index (κ2) is 12.1. The average Bonchev–Trinajstić information content (AvgIpc) is 2.80. The number of esters is 1. The summed E-state index contributed by atoms with van der Waals surface area (Å²) in [5.74, 6) is -2.25. The second-order valence-electron chi connectivity index (χ2n) is 9.88. The molecule has 0 saturated carbocycles. The zero-order valence-corrected chi connectivity index (χ0v) is 21.1. The Kier molecular flexibility index (Phi) is 9.67. The normalized spacial score (nSPS) is 12.6. The number of aliphatic hydroxyl groups is 2. The van der Waals surface area contributed by atoms with Crippen LogP contribution in [0, 0.1) is 0 Å². The number of unbranched alkanes of at least 4 members (excludes halogenated alkanes) is 1. The minimum atomic E-state index is -1.52. The number of carboxylic acids is 1. The molecule has 8 nitrogen and oxygen atoms in total. The van der Waals surface area contributed by atoms with Crippen LogP contribution in [0.4, 0.5) is 0 Å². The molecule has 194 valence electrons. The van der Waals surface area contributed by atoms with E-state index in [1.54, 1.807) is 48.5 Å². The third kappa shape index (κ3) is 8.70. The Hall–Kier alpha value is -3.36. The molecule has 1 atom stereocenters. The predicted molar refractivity (Wildman–Crippen MR) is 133 cm³/mol. The molecule has 0 bridgehead atoms. The van der Waals surface area contributed by atoms with Gasteiger partial charge in [0.05, 0.1) is 0 Å². The van der Waals surface area contributed by atoms with Crippen molar-refractivity contribution in [3.05, 3.63) is 70.8 Å². The molecule has 2 aromatic carbocycles. The summed E-state index contributed by atoms with van der Waals surface area (Å²) in [6.07, 6.45) is 0.376. The van der Waals surface area contributed by atoms with Gasteiger partial charge in [0.15, 0.2) is 11.6 Å². The summed E-state index contributed by atoms with van der Waals surface area (Å²) >= 11 is 0. The van der Waals surface area contributed by atoms with Gasteiger partial charge in [-0.3, -0.25) is 19.2 Å². The van der Waals surface area contributed by atoms with E-state index in [1.807, 2.05) is 0 Å². The third-order valence-electron chi connectivity index (χ3n) is 5.59. The molecular weight excluding hydrogens is 464 g/mol. The molecule has 0 aromatic heterocycles. The smallest absolute Gasteiger partial charge is 0.306 e. The molecule has 0 amide bonds. The summed E-state index contributed by atoms with van der Waals surface area (Å²) in [6.45, 7) is 5.65. The maximum atomic E-state index is 12.5. The molecule has 2 rings (SSSR count). The van der Waals surface area contributed by atoms with Gasteiger partial charge >= 0.3 is 11.9 Å². The number of ether oxygens (including phenoxy) is 1. The number of carbonyl (C=O) groups is 4. The fourth-order valence-corrected chi connectivity index (χ4v) is 3.55. The van der Waals surface area contributed by atoms with Crippen LogP contribution in [0.3, 0.4) is 0 Å². The number of ketones is 2. The number of hydrogen-bond acceptors (Lipinski definition) is 7. The van der Waals surface area contributed by atoms with Crippen LogP contribution in [-0.4, -0.2) is 50.0 Å². The Morgan fingerprint density at radius 1 is 0.750 bits per heavy atom.